The third kappa shape index (κ3) is 3.34. The highest BCUT2D eigenvalue weighted by Crippen LogP contribution is 2.24. The minimum atomic E-state index is -1.00. The van der Waals surface area contributed by atoms with Crippen molar-refractivity contribution in [3.63, 3.8) is 0 Å². The van der Waals surface area contributed by atoms with Crippen molar-refractivity contribution < 1.29 is 13.6 Å². The lowest BCUT2D eigenvalue weighted by atomic mass is 10.2. The first-order valence-corrected chi connectivity index (χ1v) is 6.60. The van der Waals surface area contributed by atoms with Gasteiger partial charge in [0.05, 0.1) is 11.3 Å². The molecule has 1 aromatic carbocycles. The molecule has 3 rings (SSSR count). The Morgan fingerprint density at radius 2 is 1.90 bits per heavy atom. The molecule has 1 amide bonds. The molecule has 0 bridgehead atoms. The van der Waals surface area contributed by atoms with E-state index in [1.807, 2.05) is 0 Å². The van der Waals surface area contributed by atoms with Crippen molar-refractivity contribution >= 4 is 17.3 Å². The number of anilines is 2. The van der Waals surface area contributed by atoms with Crippen LogP contribution in [0.2, 0.25) is 0 Å². The molecule has 4 nitrogen and oxygen atoms in total. The van der Waals surface area contributed by atoms with Crippen molar-refractivity contribution in [1.29, 1.82) is 0 Å². The summed E-state index contributed by atoms with van der Waals surface area (Å²) in [5.74, 6) is -2.38. The van der Waals surface area contributed by atoms with Gasteiger partial charge in [-0.1, -0.05) is 0 Å². The highest BCUT2D eigenvalue weighted by molar-refractivity contribution is 6.04. The van der Waals surface area contributed by atoms with Gasteiger partial charge in [-0.25, -0.2) is 8.78 Å². The molecule has 0 aliphatic heterocycles. The van der Waals surface area contributed by atoms with Crippen LogP contribution in [0.3, 0.4) is 0 Å². The Hall–Kier alpha value is -2.50. The highest BCUT2D eigenvalue weighted by atomic mass is 19.2. The fourth-order valence-corrected chi connectivity index (χ4v) is 1.88. The molecule has 108 valence electrons. The Bertz CT molecular complexity index is 686. The van der Waals surface area contributed by atoms with Crippen LogP contribution in [-0.2, 0) is 0 Å². The number of amides is 1. The van der Waals surface area contributed by atoms with Crippen LogP contribution in [0, 0.1) is 11.6 Å². The van der Waals surface area contributed by atoms with Gasteiger partial charge in [-0.15, -0.1) is 0 Å². The largest absolute Gasteiger partial charge is 0.381 e. The van der Waals surface area contributed by atoms with Crippen LogP contribution in [0.25, 0.3) is 0 Å². The third-order valence-corrected chi connectivity index (χ3v) is 3.13. The van der Waals surface area contributed by atoms with Crippen LogP contribution in [-0.4, -0.2) is 16.9 Å². The van der Waals surface area contributed by atoms with Gasteiger partial charge in [0.1, 0.15) is 0 Å². The molecule has 1 aromatic heterocycles. The molecule has 6 heteroatoms. The van der Waals surface area contributed by atoms with E-state index in [0.29, 0.717) is 11.6 Å². The molecule has 0 spiro atoms. The predicted molar refractivity (Wildman–Crippen MR) is 75.2 cm³/mol. The van der Waals surface area contributed by atoms with Gasteiger partial charge >= 0.3 is 0 Å². The van der Waals surface area contributed by atoms with Crippen molar-refractivity contribution in [3.05, 3.63) is 53.9 Å². The Labute approximate surface area is 120 Å². The SMILES string of the molecule is O=C(Nc1ccc(F)c(F)c1)c1cncc(NC2CC2)c1. The van der Waals surface area contributed by atoms with Gasteiger partial charge in [-0.3, -0.25) is 9.78 Å². The molecule has 0 radical (unpaired) electrons. The standard InChI is InChI=1S/C15H13F2N3O/c16-13-4-3-11(6-14(13)17)20-15(21)9-5-12(8-18-7-9)19-10-1-2-10/h3-8,10,19H,1-2H2,(H,20,21). The monoisotopic (exact) mass is 289 g/mol. The fourth-order valence-electron chi connectivity index (χ4n) is 1.88. The lowest BCUT2D eigenvalue weighted by molar-refractivity contribution is 0.102. The number of carbonyl (C=O) groups is 1. The number of benzene rings is 1. The van der Waals surface area contributed by atoms with Crippen molar-refractivity contribution in [3.8, 4) is 0 Å². The summed E-state index contributed by atoms with van der Waals surface area (Å²) in [6, 6.07) is 5.34. The predicted octanol–water partition coefficient (Wildman–Crippen LogP) is 3.19. The fraction of sp³-hybridized carbons (Fsp3) is 0.200. The first-order valence-electron chi connectivity index (χ1n) is 6.60. The summed E-state index contributed by atoms with van der Waals surface area (Å²) in [6.07, 6.45) is 5.30. The number of nitrogens with one attached hydrogen (secondary N) is 2. The third-order valence-electron chi connectivity index (χ3n) is 3.13. The summed E-state index contributed by atoms with van der Waals surface area (Å²) >= 11 is 0. The second kappa shape index (κ2) is 5.47. The zero-order valence-electron chi connectivity index (χ0n) is 11.1. The van der Waals surface area contributed by atoms with E-state index in [0.717, 1.165) is 30.7 Å². The maximum Gasteiger partial charge on any atom is 0.257 e. The van der Waals surface area contributed by atoms with E-state index >= 15 is 0 Å². The van der Waals surface area contributed by atoms with Crippen LogP contribution in [0.15, 0.2) is 36.7 Å². The summed E-state index contributed by atoms with van der Waals surface area (Å²) in [5.41, 5.74) is 1.32. The van der Waals surface area contributed by atoms with E-state index in [-0.39, 0.29) is 5.69 Å². The van der Waals surface area contributed by atoms with Gasteiger partial charge < -0.3 is 10.6 Å². The second-order valence-electron chi connectivity index (χ2n) is 4.96. The minimum Gasteiger partial charge on any atom is -0.381 e. The van der Waals surface area contributed by atoms with E-state index in [1.165, 1.54) is 12.3 Å². The molecule has 2 N–H and O–H groups in total. The van der Waals surface area contributed by atoms with E-state index in [1.54, 1.807) is 12.3 Å². The number of aromatic nitrogens is 1. The van der Waals surface area contributed by atoms with Gasteiger partial charge in [0.2, 0.25) is 0 Å². The second-order valence-corrected chi connectivity index (χ2v) is 4.96. The Morgan fingerprint density at radius 1 is 1.10 bits per heavy atom. The maximum absolute atomic E-state index is 13.1. The van der Waals surface area contributed by atoms with Crippen molar-refractivity contribution in [1.82, 2.24) is 4.98 Å². The summed E-state index contributed by atoms with van der Waals surface area (Å²) in [4.78, 5) is 16.1. The van der Waals surface area contributed by atoms with Crippen LogP contribution >= 0.6 is 0 Å². The lowest BCUT2D eigenvalue weighted by Gasteiger charge is -2.08. The summed E-state index contributed by atoms with van der Waals surface area (Å²) in [5, 5.41) is 5.75. The van der Waals surface area contributed by atoms with Gasteiger partial charge in [-0.05, 0) is 31.0 Å². The van der Waals surface area contributed by atoms with Crippen molar-refractivity contribution in [2.75, 3.05) is 10.6 Å². The first kappa shape index (κ1) is 13.5. The van der Waals surface area contributed by atoms with Gasteiger partial charge in [-0.2, -0.15) is 0 Å². The zero-order valence-corrected chi connectivity index (χ0v) is 11.1. The van der Waals surface area contributed by atoms with E-state index in [9.17, 15) is 13.6 Å². The van der Waals surface area contributed by atoms with E-state index in [4.69, 9.17) is 0 Å². The van der Waals surface area contributed by atoms with Crippen LogP contribution < -0.4 is 10.6 Å². The normalized spacial score (nSPS) is 13.8. The Kier molecular flexibility index (Phi) is 3.51. The number of hydrogen-bond acceptors (Lipinski definition) is 3. The van der Waals surface area contributed by atoms with Crippen molar-refractivity contribution in [2.45, 2.75) is 18.9 Å². The molecule has 1 heterocycles. The number of rotatable bonds is 4. The van der Waals surface area contributed by atoms with Crippen LogP contribution in [0.4, 0.5) is 20.2 Å². The van der Waals surface area contributed by atoms with Gasteiger partial charge in [0, 0.05) is 30.2 Å². The molecule has 1 aliphatic carbocycles. The first-order chi connectivity index (χ1) is 10.1. The number of nitrogens with zero attached hydrogens (tertiary/aromatic N) is 1. The molecule has 1 fully saturated rings. The molecule has 21 heavy (non-hydrogen) atoms. The quantitative estimate of drug-likeness (QED) is 0.909. The summed E-state index contributed by atoms with van der Waals surface area (Å²) in [7, 11) is 0. The maximum atomic E-state index is 13.1. The van der Waals surface area contributed by atoms with Crippen molar-refractivity contribution in [2.24, 2.45) is 0 Å². The van der Waals surface area contributed by atoms with E-state index in [2.05, 4.69) is 15.6 Å². The minimum absolute atomic E-state index is 0.194. The molecule has 0 unspecified atom stereocenters. The molecule has 1 aliphatic rings. The van der Waals surface area contributed by atoms with Gasteiger partial charge in [0.15, 0.2) is 11.6 Å². The molecule has 0 atom stereocenters. The van der Waals surface area contributed by atoms with E-state index < -0.39 is 17.5 Å². The lowest BCUT2D eigenvalue weighted by Crippen LogP contribution is -2.13. The number of pyridine rings is 1. The average molecular weight is 289 g/mol. The molecule has 0 saturated heterocycles. The topological polar surface area (TPSA) is 54.0 Å². The zero-order chi connectivity index (χ0) is 14.8. The highest BCUT2D eigenvalue weighted by Gasteiger charge is 2.21. The molecule has 1 saturated carbocycles. The number of halogens is 2. The van der Waals surface area contributed by atoms with Gasteiger partial charge in [0.25, 0.3) is 5.91 Å². The number of hydrogen-bond donors (Lipinski definition) is 2. The molecular formula is C15H13F2N3O. The number of carbonyl (C=O) groups excluding carboxylic acids is 1. The average Bonchev–Trinajstić information content (AvgIpc) is 3.27. The Balaban J connectivity index is 1.73. The summed E-state index contributed by atoms with van der Waals surface area (Å²) in [6.45, 7) is 0. The smallest absolute Gasteiger partial charge is 0.257 e. The van der Waals surface area contributed by atoms with Crippen LogP contribution in [0.1, 0.15) is 23.2 Å². The molecule has 2 aromatic rings. The molecular weight excluding hydrogens is 276 g/mol. The summed E-state index contributed by atoms with van der Waals surface area (Å²) < 4.78 is 25.9. The Morgan fingerprint density at radius 3 is 2.62 bits per heavy atom. The van der Waals surface area contributed by atoms with Crippen LogP contribution in [0.5, 0.6) is 0 Å².